The summed E-state index contributed by atoms with van der Waals surface area (Å²) in [6.45, 7) is 0. The third kappa shape index (κ3) is 7.05. The number of hydrogen-bond acceptors (Lipinski definition) is 2. The molecule has 0 aromatic carbocycles. The van der Waals surface area contributed by atoms with Crippen molar-refractivity contribution >= 4 is 9.84 Å². The van der Waals surface area contributed by atoms with Crippen molar-refractivity contribution in [2.45, 2.75) is 38.5 Å². The largest absolute Gasteiger partial charge is 0.229 e. The van der Waals surface area contributed by atoms with E-state index in [1.54, 1.807) is 0 Å². The quantitative estimate of drug-likeness (QED) is 0.594. The highest BCUT2D eigenvalue weighted by molar-refractivity contribution is 7.90. The molecule has 1 aliphatic rings. The molecule has 0 aromatic heterocycles. The first-order valence-electron chi connectivity index (χ1n) is 5.09. The van der Waals surface area contributed by atoms with Gasteiger partial charge in [0.05, 0.1) is 0 Å². The molecular weight excluding hydrogens is 184 g/mol. The Balaban J connectivity index is 1.83. The van der Waals surface area contributed by atoms with Crippen LogP contribution in [0.4, 0.5) is 0 Å². The molecule has 1 fully saturated rings. The van der Waals surface area contributed by atoms with E-state index in [1.165, 1.54) is 31.9 Å². The van der Waals surface area contributed by atoms with E-state index in [0.717, 1.165) is 18.8 Å². The van der Waals surface area contributed by atoms with Crippen LogP contribution >= 0.6 is 0 Å². The minimum atomic E-state index is -2.72. The Labute approximate surface area is 81.6 Å². The van der Waals surface area contributed by atoms with Crippen molar-refractivity contribution in [3.63, 3.8) is 0 Å². The second-order valence-corrected chi connectivity index (χ2v) is 6.32. The summed E-state index contributed by atoms with van der Waals surface area (Å²) in [5.74, 6) is 1.26. The van der Waals surface area contributed by atoms with E-state index in [9.17, 15) is 8.42 Å². The van der Waals surface area contributed by atoms with E-state index >= 15 is 0 Å². The Bertz CT molecular complexity index is 227. The van der Waals surface area contributed by atoms with Crippen molar-refractivity contribution in [2.75, 3.05) is 12.0 Å². The maximum absolute atomic E-state index is 10.8. The van der Waals surface area contributed by atoms with Crippen LogP contribution in [0.15, 0.2) is 0 Å². The number of unbranched alkanes of at least 4 members (excludes halogenated alkanes) is 3. The molecule has 1 unspecified atom stereocenters. The smallest absolute Gasteiger partial charge is 0.147 e. The fourth-order valence-corrected chi connectivity index (χ4v) is 2.18. The molecule has 0 aromatic rings. The summed E-state index contributed by atoms with van der Waals surface area (Å²) in [4.78, 5) is 0. The Kier molecular flexibility index (Phi) is 4.23. The van der Waals surface area contributed by atoms with Gasteiger partial charge in [-0.1, -0.05) is 25.7 Å². The second-order valence-electron chi connectivity index (χ2n) is 4.06. The molecule has 3 heteroatoms. The lowest BCUT2D eigenvalue weighted by atomic mass is 10.1. The van der Waals surface area contributed by atoms with E-state index in [-0.39, 0.29) is 0 Å². The van der Waals surface area contributed by atoms with Gasteiger partial charge in [0.15, 0.2) is 0 Å². The molecule has 13 heavy (non-hydrogen) atoms. The van der Waals surface area contributed by atoms with Crippen LogP contribution < -0.4 is 0 Å². The third-order valence-electron chi connectivity index (χ3n) is 2.41. The van der Waals surface area contributed by atoms with Crippen molar-refractivity contribution in [1.29, 1.82) is 0 Å². The monoisotopic (exact) mass is 203 g/mol. The predicted octanol–water partition coefficient (Wildman–Crippen LogP) is 2.21. The van der Waals surface area contributed by atoms with Crippen molar-refractivity contribution < 1.29 is 8.42 Å². The maximum Gasteiger partial charge on any atom is 0.147 e. The average Bonchev–Trinajstić information content (AvgIpc) is 2.77. The molecule has 1 saturated carbocycles. The number of sulfone groups is 1. The molecule has 0 saturated heterocycles. The van der Waals surface area contributed by atoms with Gasteiger partial charge in [0.1, 0.15) is 9.84 Å². The van der Waals surface area contributed by atoms with Crippen LogP contribution in [-0.2, 0) is 9.84 Å². The maximum atomic E-state index is 10.8. The molecule has 0 spiro atoms. The molecular formula is C10H19O2S. The van der Waals surface area contributed by atoms with Gasteiger partial charge in [-0.3, -0.25) is 0 Å². The summed E-state index contributed by atoms with van der Waals surface area (Å²) < 4.78 is 21.6. The van der Waals surface area contributed by atoms with Gasteiger partial charge in [-0.05, 0) is 25.2 Å². The molecule has 0 N–H and O–H groups in total. The summed E-state index contributed by atoms with van der Waals surface area (Å²) in [7, 11) is -2.72. The highest BCUT2D eigenvalue weighted by atomic mass is 32.2. The molecule has 1 radical (unpaired) electrons. The summed E-state index contributed by atoms with van der Waals surface area (Å²) in [5.41, 5.74) is 0. The van der Waals surface area contributed by atoms with Crippen LogP contribution in [0.5, 0.6) is 0 Å². The molecule has 1 aliphatic carbocycles. The molecule has 77 valence electrons. The molecule has 0 heterocycles. The molecule has 0 aliphatic heterocycles. The average molecular weight is 203 g/mol. The molecule has 2 nitrogen and oxygen atoms in total. The first-order valence-corrected chi connectivity index (χ1v) is 7.15. The van der Waals surface area contributed by atoms with E-state index in [2.05, 4.69) is 6.42 Å². The lowest BCUT2D eigenvalue weighted by Gasteiger charge is -1.99. The molecule has 0 amide bonds. The zero-order valence-electron chi connectivity index (χ0n) is 8.33. The van der Waals surface area contributed by atoms with Gasteiger partial charge in [0, 0.05) is 12.0 Å². The van der Waals surface area contributed by atoms with Gasteiger partial charge >= 0.3 is 0 Å². The Morgan fingerprint density at radius 1 is 1.23 bits per heavy atom. The van der Waals surface area contributed by atoms with Crippen molar-refractivity contribution in [3.8, 4) is 0 Å². The topological polar surface area (TPSA) is 34.1 Å². The number of rotatable bonds is 7. The zero-order valence-corrected chi connectivity index (χ0v) is 9.15. The molecule has 1 atom stereocenters. The zero-order chi connectivity index (χ0) is 9.73. The van der Waals surface area contributed by atoms with Gasteiger partial charge in [-0.2, -0.15) is 0 Å². The highest BCUT2D eigenvalue weighted by Gasteiger charge is 2.20. The summed E-state index contributed by atoms with van der Waals surface area (Å²) in [6, 6.07) is 0. The van der Waals surface area contributed by atoms with E-state index in [4.69, 9.17) is 0 Å². The standard InChI is InChI=1S/C10H19O2S/c1-13(11,12)9-5-3-2-4-6-10-7-8-10/h7,10H,2-6,8-9H2,1H3. The van der Waals surface area contributed by atoms with Gasteiger partial charge in [0.2, 0.25) is 0 Å². The van der Waals surface area contributed by atoms with Crippen molar-refractivity contribution in [3.05, 3.63) is 6.42 Å². The summed E-state index contributed by atoms with van der Waals surface area (Å²) in [6.07, 6.45) is 10.7. The van der Waals surface area contributed by atoms with Crippen LogP contribution in [0.3, 0.4) is 0 Å². The van der Waals surface area contributed by atoms with Crippen LogP contribution in [0, 0.1) is 12.3 Å². The van der Waals surface area contributed by atoms with E-state index in [0.29, 0.717) is 5.75 Å². The van der Waals surface area contributed by atoms with Gasteiger partial charge in [-0.15, -0.1) is 0 Å². The Hall–Kier alpha value is -0.0500. The van der Waals surface area contributed by atoms with Crippen LogP contribution in [0.25, 0.3) is 0 Å². The minimum absolute atomic E-state index is 0.364. The van der Waals surface area contributed by atoms with Gasteiger partial charge in [0.25, 0.3) is 0 Å². The summed E-state index contributed by atoms with van der Waals surface area (Å²) in [5, 5.41) is 0. The Morgan fingerprint density at radius 2 is 1.85 bits per heavy atom. The first kappa shape index (κ1) is 11.0. The van der Waals surface area contributed by atoms with Crippen LogP contribution in [0.2, 0.25) is 0 Å². The third-order valence-corrected chi connectivity index (χ3v) is 3.44. The van der Waals surface area contributed by atoms with Crippen LogP contribution in [0.1, 0.15) is 38.5 Å². The fraction of sp³-hybridized carbons (Fsp3) is 0.900. The minimum Gasteiger partial charge on any atom is -0.229 e. The van der Waals surface area contributed by atoms with E-state index < -0.39 is 9.84 Å². The summed E-state index contributed by atoms with van der Waals surface area (Å²) >= 11 is 0. The SMILES string of the molecule is CS(=O)(=O)CCCCCCC1[CH]C1. The van der Waals surface area contributed by atoms with Crippen LogP contribution in [-0.4, -0.2) is 20.4 Å². The normalized spacial score (nSPS) is 17.6. The lowest BCUT2D eigenvalue weighted by Crippen LogP contribution is -2.02. The second kappa shape index (κ2) is 4.99. The lowest BCUT2D eigenvalue weighted by molar-refractivity contribution is 0.583. The van der Waals surface area contributed by atoms with Crippen molar-refractivity contribution in [2.24, 2.45) is 5.92 Å². The predicted molar refractivity (Wildman–Crippen MR) is 55.2 cm³/mol. The highest BCUT2D eigenvalue weighted by Crippen LogP contribution is 2.32. The first-order chi connectivity index (χ1) is 6.08. The van der Waals surface area contributed by atoms with Gasteiger partial charge in [-0.25, -0.2) is 8.42 Å². The van der Waals surface area contributed by atoms with E-state index in [1.807, 2.05) is 0 Å². The molecule has 1 rings (SSSR count). The van der Waals surface area contributed by atoms with Crippen molar-refractivity contribution in [1.82, 2.24) is 0 Å². The Morgan fingerprint density at radius 3 is 2.38 bits per heavy atom. The number of hydrogen-bond donors (Lipinski definition) is 0. The fourth-order valence-electron chi connectivity index (χ4n) is 1.46. The van der Waals surface area contributed by atoms with Gasteiger partial charge < -0.3 is 0 Å². The molecule has 0 bridgehead atoms.